The number of amides is 1. The summed E-state index contributed by atoms with van der Waals surface area (Å²) in [6.07, 6.45) is 2.91. The van der Waals surface area contributed by atoms with E-state index in [-0.39, 0.29) is 23.5 Å². The molecule has 5 nitrogen and oxygen atoms in total. The summed E-state index contributed by atoms with van der Waals surface area (Å²) >= 11 is 0. The largest absolute Gasteiger partial charge is 0.369 e. The second kappa shape index (κ2) is 6.78. The van der Waals surface area contributed by atoms with Crippen LogP contribution < -0.4 is 10.6 Å². The molecule has 0 bridgehead atoms. The molecule has 1 unspecified atom stereocenters. The van der Waals surface area contributed by atoms with E-state index in [0.717, 1.165) is 6.54 Å². The van der Waals surface area contributed by atoms with Gasteiger partial charge >= 0.3 is 0 Å². The molecule has 6 heteroatoms. The fourth-order valence-corrected chi connectivity index (χ4v) is 1.85. The average molecular weight is 288 g/mol. The predicted octanol–water partition coefficient (Wildman–Crippen LogP) is 2.54. The zero-order valence-corrected chi connectivity index (χ0v) is 11.9. The highest BCUT2D eigenvalue weighted by Gasteiger charge is 2.13. The molecule has 1 amide bonds. The summed E-state index contributed by atoms with van der Waals surface area (Å²) in [4.78, 5) is 20.2. The number of benzene rings is 1. The van der Waals surface area contributed by atoms with Crippen LogP contribution in [0.5, 0.6) is 0 Å². The van der Waals surface area contributed by atoms with Crippen molar-refractivity contribution < 1.29 is 9.18 Å². The average Bonchev–Trinajstić information content (AvgIpc) is 2.48. The van der Waals surface area contributed by atoms with Gasteiger partial charge in [-0.1, -0.05) is 12.1 Å². The van der Waals surface area contributed by atoms with E-state index in [4.69, 9.17) is 0 Å². The van der Waals surface area contributed by atoms with Crippen molar-refractivity contribution in [1.29, 1.82) is 0 Å². The highest BCUT2D eigenvalue weighted by Crippen LogP contribution is 2.14. The molecule has 0 spiro atoms. The monoisotopic (exact) mass is 288 g/mol. The Morgan fingerprint density at radius 1 is 1.33 bits per heavy atom. The molecule has 2 rings (SSSR count). The first-order valence-corrected chi connectivity index (χ1v) is 6.72. The van der Waals surface area contributed by atoms with Crippen LogP contribution in [0.4, 0.5) is 10.2 Å². The lowest BCUT2D eigenvalue weighted by Gasteiger charge is -2.14. The number of hydrogen-bond acceptors (Lipinski definition) is 4. The van der Waals surface area contributed by atoms with Crippen molar-refractivity contribution in [3.8, 4) is 0 Å². The molecular weight excluding hydrogens is 271 g/mol. The van der Waals surface area contributed by atoms with E-state index < -0.39 is 0 Å². The van der Waals surface area contributed by atoms with Gasteiger partial charge in [-0.05, 0) is 31.5 Å². The number of hydrogen-bond donors (Lipinski definition) is 2. The quantitative estimate of drug-likeness (QED) is 0.887. The lowest BCUT2D eigenvalue weighted by atomic mass is 10.1. The summed E-state index contributed by atoms with van der Waals surface area (Å²) in [6.45, 7) is 4.47. The molecule has 0 aliphatic rings. The second-order valence-electron chi connectivity index (χ2n) is 4.57. The molecule has 2 aromatic rings. The summed E-state index contributed by atoms with van der Waals surface area (Å²) < 4.78 is 13.2. The highest BCUT2D eigenvalue weighted by molar-refractivity contribution is 5.92. The first kappa shape index (κ1) is 14.9. The molecule has 0 saturated carbocycles. The number of carbonyl (C=O) groups is 1. The van der Waals surface area contributed by atoms with E-state index in [1.807, 2.05) is 6.92 Å². The third-order valence-corrected chi connectivity index (χ3v) is 2.94. The Labute approximate surface area is 122 Å². The molecule has 110 valence electrons. The fraction of sp³-hybridized carbons (Fsp3) is 0.267. The summed E-state index contributed by atoms with van der Waals surface area (Å²) in [6, 6.07) is 5.81. The van der Waals surface area contributed by atoms with Crippen LogP contribution in [0.25, 0.3) is 0 Å². The Hall–Kier alpha value is -2.50. The van der Waals surface area contributed by atoms with Gasteiger partial charge in [0.05, 0.1) is 18.4 Å². The van der Waals surface area contributed by atoms with Crippen molar-refractivity contribution in [3.05, 3.63) is 53.7 Å². The second-order valence-corrected chi connectivity index (χ2v) is 4.57. The molecule has 0 aliphatic heterocycles. The maximum Gasteiger partial charge on any atom is 0.271 e. The van der Waals surface area contributed by atoms with Crippen LogP contribution >= 0.6 is 0 Å². The molecule has 1 aromatic heterocycles. The van der Waals surface area contributed by atoms with Crippen molar-refractivity contribution in [3.63, 3.8) is 0 Å². The van der Waals surface area contributed by atoms with Crippen LogP contribution in [0.3, 0.4) is 0 Å². The van der Waals surface area contributed by atoms with Gasteiger partial charge in [-0.15, -0.1) is 0 Å². The third-order valence-electron chi connectivity index (χ3n) is 2.94. The Morgan fingerprint density at radius 3 is 2.76 bits per heavy atom. The van der Waals surface area contributed by atoms with Crippen molar-refractivity contribution in [2.75, 3.05) is 11.9 Å². The van der Waals surface area contributed by atoms with Gasteiger partial charge in [0.25, 0.3) is 5.91 Å². The van der Waals surface area contributed by atoms with Crippen molar-refractivity contribution >= 4 is 11.7 Å². The van der Waals surface area contributed by atoms with Crippen LogP contribution in [-0.2, 0) is 0 Å². The van der Waals surface area contributed by atoms with E-state index in [0.29, 0.717) is 11.4 Å². The van der Waals surface area contributed by atoms with Crippen LogP contribution in [0.2, 0.25) is 0 Å². The van der Waals surface area contributed by atoms with Crippen LogP contribution in [0.1, 0.15) is 35.9 Å². The van der Waals surface area contributed by atoms with Gasteiger partial charge in [0.2, 0.25) is 0 Å². The molecule has 1 heterocycles. The molecule has 0 fully saturated rings. The maximum absolute atomic E-state index is 13.2. The zero-order valence-electron chi connectivity index (χ0n) is 11.9. The Balaban J connectivity index is 2.03. The molecule has 21 heavy (non-hydrogen) atoms. The summed E-state index contributed by atoms with van der Waals surface area (Å²) in [5.74, 6) is -0.0575. The Morgan fingerprint density at radius 2 is 2.14 bits per heavy atom. The van der Waals surface area contributed by atoms with Crippen LogP contribution in [0, 0.1) is 5.82 Å². The van der Waals surface area contributed by atoms with Gasteiger partial charge in [-0.2, -0.15) is 0 Å². The molecule has 1 atom stereocenters. The van der Waals surface area contributed by atoms with Gasteiger partial charge in [0.1, 0.15) is 17.3 Å². The fourth-order valence-electron chi connectivity index (χ4n) is 1.85. The number of halogens is 1. The summed E-state index contributed by atoms with van der Waals surface area (Å²) in [5, 5.41) is 5.76. The van der Waals surface area contributed by atoms with E-state index in [2.05, 4.69) is 20.6 Å². The minimum Gasteiger partial charge on any atom is -0.369 e. The lowest BCUT2D eigenvalue weighted by molar-refractivity contribution is 0.0934. The Bertz CT molecular complexity index is 615. The van der Waals surface area contributed by atoms with E-state index in [1.54, 1.807) is 19.1 Å². The molecule has 0 radical (unpaired) electrons. The van der Waals surface area contributed by atoms with Crippen molar-refractivity contribution in [2.24, 2.45) is 0 Å². The van der Waals surface area contributed by atoms with Crippen molar-refractivity contribution in [1.82, 2.24) is 15.3 Å². The van der Waals surface area contributed by atoms with Gasteiger partial charge in [0.15, 0.2) is 0 Å². The standard InChI is InChI=1S/C15H17FN4O/c1-3-17-14-9-18-13(8-19-14)15(21)20-10(2)11-5-4-6-12(16)7-11/h4-10H,3H2,1-2H3,(H,17,19)(H,20,21). The normalized spacial score (nSPS) is 11.8. The predicted molar refractivity (Wildman–Crippen MR) is 78.5 cm³/mol. The maximum atomic E-state index is 13.2. The minimum atomic E-state index is -0.345. The molecule has 2 N–H and O–H groups in total. The topological polar surface area (TPSA) is 66.9 Å². The number of aromatic nitrogens is 2. The summed E-state index contributed by atoms with van der Waals surface area (Å²) in [5.41, 5.74) is 0.917. The van der Waals surface area contributed by atoms with E-state index >= 15 is 0 Å². The SMILES string of the molecule is CCNc1cnc(C(=O)NC(C)c2cccc(F)c2)cn1. The number of carbonyl (C=O) groups excluding carboxylic acids is 1. The van der Waals surface area contributed by atoms with Gasteiger partial charge in [-0.25, -0.2) is 14.4 Å². The number of nitrogens with zero attached hydrogens (tertiary/aromatic N) is 2. The minimum absolute atomic E-state index is 0.222. The highest BCUT2D eigenvalue weighted by atomic mass is 19.1. The number of rotatable bonds is 5. The van der Waals surface area contributed by atoms with Crippen LogP contribution in [0.15, 0.2) is 36.7 Å². The smallest absolute Gasteiger partial charge is 0.271 e. The summed E-state index contributed by atoms with van der Waals surface area (Å²) in [7, 11) is 0. The van der Waals surface area contributed by atoms with Gasteiger partial charge in [0, 0.05) is 6.54 Å². The molecule has 1 aromatic carbocycles. The molecular formula is C15H17FN4O. The molecule has 0 saturated heterocycles. The Kier molecular flexibility index (Phi) is 4.81. The first-order valence-electron chi connectivity index (χ1n) is 6.72. The third kappa shape index (κ3) is 3.98. The van der Waals surface area contributed by atoms with E-state index in [9.17, 15) is 9.18 Å². The van der Waals surface area contributed by atoms with Crippen LogP contribution in [-0.4, -0.2) is 22.4 Å². The number of nitrogens with one attached hydrogen (secondary N) is 2. The first-order chi connectivity index (χ1) is 10.1. The van der Waals surface area contributed by atoms with E-state index in [1.165, 1.54) is 24.5 Å². The molecule has 0 aliphatic carbocycles. The number of anilines is 1. The van der Waals surface area contributed by atoms with Crippen molar-refractivity contribution in [2.45, 2.75) is 19.9 Å². The zero-order chi connectivity index (χ0) is 15.2. The lowest BCUT2D eigenvalue weighted by Crippen LogP contribution is -2.27. The van der Waals surface area contributed by atoms with Gasteiger partial charge < -0.3 is 10.6 Å². The van der Waals surface area contributed by atoms with Gasteiger partial charge in [-0.3, -0.25) is 4.79 Å².